The van der Waals surface area contributed by atoms with Crippen LogP contribution in [0.25, 0.3) is 0 Å². The van der Waals surface area contributed by atoms with E-state index >= 15 is 0 Å². The maximum Gasteiger partial charge on any atom is 0.229 e. The molecule has 2 aromatic rings. The number of carbonyl (C=O) groups excluding carboxylic acids is 2. The van der Waals surface area contributed by atoms with Gasteiger partial charge in [0, 0.05) is 24.3 Å². The van der Waals surface area contributed by atoms with Gasteiger partial charge in [0.05, 0.1) is 17.6 Å². The van der Waals surface area contributed by atoms with E-state index in [2.05, 4.69) is 25.2 Å². The molecule has 0 spiro atoms. The molecular weight excluding hydrogens is 338 g/mol. The quantitative estimate of drug-likeness (QED) is 0.883. The van der Waals surface area contributed by atoms with Crippen molar-refractivity contribution in [2.75, 3.05) is 16.8 Å². The number of amides is 2. The van der Waals surface area contributed by atoms with Crippen molar-refractivity contribution < 1.29 is 9.59 Å². The second-order valence-corrected chi connectivity index (χ2v) is 6.71. The van der Waals surface area contributed by atoms with Crippen LogP contribution in [0.5, 0.6) is 0 Å². The number of benzene rings is 2. The van der Waals surface area contributed by atoms with Gasteiger partial charge in [-0.3, -0.25) is 9.59 Å². The van der Waals surface area contributed by atoms with Gasteiger partial charge in [-0.25, -0.2) is 0 Å². The summed E-state index contributed by atoms with van der Waals surface area (Å²) in [6.45, 7) is 4.48. The number of nitrogens with zero attached hydrogens (tertiary/aromatic N) is 2. The molecule has 1 aliphatic heterocycles. The fourth-order valence-corrected chi connectivity index (χ4v) is 3.48. The minimum absolute atomic E-state index is 0.0700. The Morgan fingerprint density at radius 3 is 2.33 bits per heavy atom. The van der Waals surface area contributed by atoms with E-state index in [1.54, 1.807) is 29.2 Å². The van der Waals surface area contributed by atoms with Gasteiger partial charge in [-0.15, -0.1) is 0 Å². The van der Waals surface area contributed by atoms with Crippen molar-refractivity contribution in [1.29, 1.82) is 5.26 Å². The SMILES string of the molecule is CCc1cccc(CC)c1NC(=O)C1CC(=O)N(c2ccc(C#N)cc2)C1. The van der Waals surface area contributed by atoms with Gasteiger partial charge < -0.3 is 10.2 Å². The Morgan fingerprint density at radius 2 is 1.78 bits per heavy atom. The first-order valence-electron chi connectivity index (χ1n) is 9.29. The number of hydrogen-bond acceptors (Lipinski definition) is 3. The molecule has 27 heavy (non-hydrogen) atoms. The van der Waals surface area contributed by atoms with Gasteiger partial charge >= 0.3 is 0 Å². The van der Waals surface area contributed by atoms with Gasteiger partial charge in [-0.1, -0.05) is 32.0 Å². The molecule has 1 heterocycles. The summed E-state index contributed by atoms with van der Waals surface area (Å²) in [5, 5.41) is 12.0. The van der Waals surface area contributed by atoms with E-state index in [0.29, 0.717) is 12.1 Å². The Bertz CT molecular complexity index is 875. The van der Waals surface area contributed by atoms with Crippen LogP contribution in [0.3, 0.4) is 0 Å². The molecule has 0 saturated carbocycles. The molecule has 5 heteroatoms. The summed E-state index contributed by atoms with van der Waals surface area (Å²) in [6, 6.07) is 15.0. The number of rotatable bonds is 5. The number of hydrogen-bond donors (Lipinski definition) is 1. The summed E-state index contributed by atoms with van der Waals surface area (Å²) >= 11 is 0. The average molecular weight is 361 g/mol. The van der Waals surface area contributed by atoms with E-state index in [1.807, 2.05) is 18.2 Å². The summed E-state index contributed by atoms with van der Waals surface area (Å²) < 4.78 is 0. The summed E-state index contributed by atoms with van der Waals surface area (Å²) in [4.78, 5) is 26.9. The second kappa shape index (κ2) is 8.05. The molecule has 1 atom stereocenters. The Balaban J connectivity index is 1.75. The third kappa shape index (κ3) is 3.85. The lowest BCUT2D eigenvalue weighted by Gasteiger charge is -2.18. The molecule has 3 rings (SSSR count). The molecule has 1 fully saturated rings. The normalized spacial score (nSPS) is 16.3. The molecule has 0 aliphatic carbocycles. The monoisotopic (exact) mass is 361 g/mol. The standard InChI is InChI=1S/C22H23N3O2/c1-3-16-6-5-7-17(4-2)21(16)24-22(27)18-12-20(26)25(14-18)19-10-8-15(13-23)9-11-19/h5-11,18H,3-4,12,14H2,1-2H3,(H,24,27). The molecule has 138 valence electrons. The van der Waals surface area contributed by atoms with Crippen molar-refractivity contribution in [3.63, 3.8) is 0 Å². The summed E-state index contributed by atoms with van der Waals surface area (Å²) in [6.07, 6.45) is 1.87. The highest BCUT2D eigenvalue weighted by Crippen LogP contribution is 2.28. The fraction of sp³-hybridized carbons (Fsp3) is 0.318. The second-order valence-electron chi connectivity index (χ2n) is 6.71. The topological polar surface area (TPSA) is 73.2 Å². The van der Waals surface area contributed by atoms with Gasteiger partial charge in [0.25, 0.3) is 0 Å². The van der Waals surface area contributed by atoms with E-state index in [9.17, 15) is 9.59 Å². The molecular formula is C22H23N3O2. The van der Waals surface area contributed by atoms with Crippen LogP contribution in [-0.2, 0) is 22.4 Å². The highest BCUT2D eigenvalue weighted by atomic mass is 16.2. The molecule has 1 saturated heterocycles. The Morgan fingerprint density at radius 1 is 1.15 bits per heavy atom. The maximum absolute atomic E-state index is 12.8. The third-order valence-corrected chi connectivity index (χ3v) is 5.05. The first-order valence-corrected chi connectivity index (χ1v) is 9.29. The molecule has 0 bridgehead atoms. The molecule has 0 aromatic heterocycles. The van der Waals surface area contributed by atoms with E-state index in [4.69, 9.17) is 5.26 Å². The predicted molar refractivity (Wildman–Crippen MR) is 105 cm³/mol. The highest BCUT2D eigenvalue weighted by molar-refractivity contribution is 6.04. The van der Waals surface area contributed by atoms with Crippen LogP contribution in [-0.4, -0.2) is 18.4 Å². The zero-order valence-corrected chi connectivity index (χ0v) is 15.7. The van der Waals surface area contributed by atoms with Gasteiger partial charge in [-0.2, -0.15) is 5.26 Å². The van der Waals surface area contributed by atoms with Crippen LogP contribution in [0.4, 0.5) is 11.4 Å². The number of nitrogens with one attached hydrogen (secondary N) is 1. The van der Waals surface area contributed by atoms with Crippen molar-refractivity contribution in [2.45, 2.75) is 33.1 Å². The van der Waals surface area contributed by atoms with Crippen LogP contribution in [0, 0.1) is 17.2 Å². The summed E-state index contributed by atoms with van der Waals surface area (Å²) in [5.74, 6) is -0.572. The summed E-state index contributed by atoms with van der Waals surface area (Å²) in [7, 11) is 0. The minimum Gasteiger partial charge on any atom is -0.325 e. The molecule has 1 N–H and O–H groups in total. The van der Waals surface area contributed by atoms with Crippen molar-refractivity contribution >= 4 is 23.2 Å². The largest absolute Gasteiger partial charge is 0.325 e. The molecule has 1 aliphatic rings. The van der Waals surface area contributed by atoms with Crippen LogP contribution in [0.1, 0.15) is 37.0 Å². The van der Waals surface area contributed by atoms with Gasteiger partial charge in [0.1, 0.15) is 0 Å². The molecule has 2 aromatic carbocycles. The lowest BCUT2D eigenvalue weighted by Crippen LogP contribution is -2.28. The van der Waals surface area contributed by atoms with E-state index in [1.165, 1.54) is 0 Å². The van der Waals surface area contributed by atoms with E-state index < -0.39 is 0 Å². The smallest absolute Gasteiger partial charge is 0.229 e. The van der Waals surface area contributed by atoms with Crippen molar-refractivity contribution in [1.82, 2.24) is 0 Å². The lowest BCUT2D eigenvalue weighted by atomic mass is 10.0. The van der Waals surface area contributed by atoms with Crippen molar-refractivity contribution in [3.8, 4) is 6.07 Å². The Hall–Kier alpha value is -3.13. The number of carbonyl (C=O) groups is 2. The average Bonchev–Trinajstić information content (AvgIpc) is 3.10. The molecule has 2 amide bonds. The minimum atomic E-state index is -0.386. The number of anilines is 2. The first-order chi connectivity index (χ1) is 13.1. The zero-order chi connectivity index (χ0) is 19.4. The molecule has 0 radical (unpaired) electrons. The Kier molecular flexibility index (Phi) is 5.56. The van der Waals surface area contributed by atoms with Gasteiger partial charge in [0.15, 0.2) is 0 Å². The van der Waals surface area contributed by atoms with E-state index in [-0.39, 0.29) is 24.2 Å². The third-order valence-electron chi connectivity index (χ3n) is 5.05. The highest BCUT2D eigenvalue weighted by Gasteiger charge is 2.35. The predicted octanol–water partition coefficient (Wildman–Crippen LogP) is 3.67. The number of nitriles is 1. The fourth-order valence-electron chi connectivity index (χ4n) is 3.48. The maximum atomic E-state index is 12.8. The van der Waals surface area contributed by atoms with E-state index in [0.717, 1.165) is 35.3 Å². The lowest BCUT2D eigenvalue weighted by molar-refractivity contribution is -0.122. The Labute approximate surface area is 159 Å². The van der Waals surface area contributed by atoms with Crippen LogP contribution < -0.4 is 10.2 Å². The first kappa shape index (κ1) is 18.7. The number of para-hydroxylation sites is 1. The van der Waals surface area contributed by atoms with Crippen LogP contribution >= 0.6 is 0 Å². The van der Waals surface area contributed by atoms with Gasteiger partial charge in [-0.05, 0) is 48.2 Å². The summed E-state index contributed by atoms with van der Waals surface area (Å²) in [5.41, 5.74) is 4.36. The molecule has 1 unspecified atom stereocenters. The number of aryl methyl sites for hydroxylation is 2. The zero-order valence-electron chi connectivity index (χ0n) is 15.7. The molecule has 5 nitrogen and oxygen atoms in total. The van der Waals surface area contributed by atoms with Crippen LogP contribution in [0.2, 0.25) is 0 Å². The van der Waals surface area contributed by atoms with Crippen LogP contribution in [0.15, 0.2) is 42.5 Å². The van der Waals surface area contributed by atoms with Gasteiger partial charge in [0.2, 0.25) is 11.8 Å². The van der Waals surface area contributed by atoms with Crippen molar-refractivity contribution in [3.05, 3.63) is 59.2 Å². The van der Waals surface area contributed by atoms with Crippen molar-refractivity contribution in [2.24, 2.45) is 5.92 Å².